The van der Waals surface area contributed by atoms with Gasteiger partial charge in [0, 0.05) is 17.8 Å². The first-order valence-corrected chi connectivity index (χ1v) is 7.28. The predicted molar refractivity (Wildman–Crippen MR) is 86.0 cm³/mol. The van der Waals surface area contributed by atoms with Gasteiger partial charge in [0.1, 0.15) is 5.70 Å². The van der Waals surface area contributed by atoms with E-state index in [0.29, 0.717) is 16.8 Å². The van der Waals surface area contributed by atoms with Crippen molar-refractivity contribution in [3.05, 3.63) is 40.6 Å². The lowest BCUT2D eigenvalue weighted by Gasteiger charge is -2.15. The third-order valence-corrected chi connectivity index (χ3v) is 3.72. The number of aliphatic hydroxyl groups is 1. The third-order valence-electron chi connectivity index (χ3n) is 3.72. The van der Waals surface area contributed by atoms with Crippen molar-refractivity contribution in [2.24, 2.45) is 5.73 Å². The molecule has 24 heavy (non-hydrogen) atoms. The van der Waals surface area contributed by atoms with Gasteiger partial charge in [-0.05, 0) is 30.7 Å². The van der Waals surface area contributed by atoms with Gasteiger partial charge >= 0.3 is 5.97 Å². The molecule has 0 atom stereocenters. The van der Waals surface area contributed by atoms with E-state index in [9.17, 15) is 14.4 Å². The molecule has 1 heterocycles. The maximum Gasteiger partial charge on any atom is 0.337 e. The van der Waals surface area contributed by atoms with Crippen LogP contribution in [0.1, 0.15) is 15.9 Å². The van der Waals surface area contributed by atoms with Crippen LogP contribution < -0.4 is 11.1 Å². The molecule has 2 amide bonds. The Morgan fingerprint density at radius 3 is 2.67 bits per heavy atom. The molecule has 8 nitrogen and oxygen atoms in total. The number of rotatable bonds is 6. The van der Waals surface area contributed by atoms with Crippen LogP contribution in [0.3, 0.4) is 0 Å². The van der Waals surface area contributed by atoms with Crippen LogP contribution >= 0.6 is 0 Å². The Kier molecular flexibility index (Phi) is 5.20. The standard InChI is InChI=1S/C16H19N3O5/c1-9-7-10(14(17)21)3-4-12(9)18-13-11(16(23)24-2)8-19(5-6-20)15(13)22/h3-4,7,18,20H,5-6,8H2,1-2H3,(H2,17,21). The molecule has 0 aliphatic carbocycles. The minimum absolute atomic E-state index is 0.0623. The number of ether oxygens (including phenoxy) is 1. The lowest BCUT2D eigenvalue weighted by Crippen LogP contribution is -2.31. The zero-order chi connectivity index (χ0) is 17.9. The van der Waals surface area contributed by atoms with E-state index in [2.05, 4.69) is 5.32 Å². The van der Waals surface area contributed by atoms with Gasteiger partial charge in [0.25, 0.3) is 5.91 Å². The maximum absolute atomic E-state index is 12.4. The summed E-state index contributed by atoms with van der Waals surface area (Å²) in [5, 5.41) is 12.0. The van der Waals surface area contributed by atoms with E-state index < -0.39 is 17.8 Å². The molecule has 0 bridgehead atoms. The molecule has 0 unspecified atom stereocenters. The van der Waals surface area contributed by atoms with Crippen LogP contribution in [0.15, 0.2) is 29.5 Å². The second-order valence-electron chi connectivity index (χ2n) is 5.31. The van der Waals surface area contributed by atoms with E-state index in [1.165, 1.54) is 18.1 Å². The predicted octanol–water partition coefficient (Wildman–Crippen LogP) is -0.233. The van der Waals surface area contributed by atoms with Gasteiger partial charge in [-0.25, -0.2) is 4.79 Å². The van der Waals surface area contributed by atoms with Crippen molar-refractivity contribution >= 4 is 23.5 Å². The van der Waals surface area contributed by atoms with Crippen molar-refractivity contribution in [2.45, 2.75) is 6.92 Å². The molecule has 1 aliphatic heterocycles. The van der Waals surface area contributed by atoms with E-state index in [-0.39, 0.29) is 31.0 Å². The van der Waals surface area contributed by atoms with Gasteiger partial charge in [0.15, 0.2) is 0 Å². The number of benzene rings is 1. The number of primary amides is 1. The molecule has 2 rings (SSSR count). The summed E-state index contributed by atoms with van der Waals surface area (Å²) in [6.07, 6.45) is 0. The average molecular weight is 333 g/mol. The third kappa shape index (κ3) is 3.38. The van der Waals surface area contributed by atoms with Gasteiger partial charge in [-0.2, -0.15) is 0 Å². The van der Waals surface area contributed by atoms with Crippen LogP contribution in [-0.2, 0) is 14.3 Å². The fourth-order valence-corrected chi connectivity index (χ4v) is 2.44. The number of aryl methyl sites for hydroxylation is 1. The lowest BCUT2D eigenvalue weighted by atomic mass is 10.1. The molecular formula is C16H19N3O5. The number of esters is 1. The summed E-state index contributed by atoms with van der Waals surface area (Å²) >= 11 is 0. The molecule has 0 spiro atoms. The number of hydrogen-bond donors (Lipinski definition) is 3. The monoisotopic (exact) mass is 333 g/mol. The second-order valence-corrected chi connectivity index (χ2v) is 5.31. The van der Waals surface area contributed by atoms with Crippen LogP contribution in [0.4, 0.5) is 5.69 Å². The second kappa shape index (κ2) is 7.14. The number of nitrogens with one attached hydrogen (secondary N) is 1. The van der Waals surface area contributed by atoms with Crippen molar-refractivity contribution in [1.29, 1.82) is 0 Å². The van der Waals surface area contributed by atoms with Gasteiger partial charge in [-0.3, -0.25) is 9.59 Å². The Balaban J connectivity index is 2.35. The number of nitrogens with two attached hydrogens (primary N) is 1. The highest BCUT2D eigenvalue weighted by atomic mass is 16.5. The first kappa shape index (κ1) is 17.5. The summed E-state index contributed by atoms with van der Waals surface area (Å²) in [6, 6.07) is 4.73. The number of carbonyl (C=O) groups is 3. The number of anilines is 1. The molecule has 1 aromatic rings. The Hall–Kier alpha value is -2.87. The zero-order valence-corrected chi connectivity index (χ0v) is 13.5. The molecule has 4 N–H and O–H groups in total. The van der Waals surface area contributed by atoms with Gasteiger partial charge in [0.2, 0.25) is 5.91 Å². The summed E-state index contributed by atoms with van der Waals surface area (Å²) in [5.74, 6) is -1.56. The molecule has 0 saturated heterocycles. The van der Waals surface area contributed by atoms with Gasteiger partial charge in [-0.15, -0.1) is 0 Å². The van der Waals surface area contributed by atoms with Crippen LogP contribution in [0.25, 0.3) is 0 Å². The van der Waals surface area contributed by atoms with Crippen LogP contribution in [0.2, 0.25) is 0 Å². The highest BCUT2D eigenvalue weighted by Crippen LogP contribution is 2.25. The van der Waals surface area contributed by atoms with Crippen LogP contribution in [-0.4, -0.2) is 54.6 Å². The van der Waals surface area contributed by atoms with Crippen LogP contribution in [0, 0.1) is 6.92 Å². The molecule has 1 aliphatic rings. The van der Waals surface area contributed by atoms with Crippen molar-refractivity contribution < 1.29 is 24.2 Å². The van der Waals surface area contributed by atoms with Crippen molar-refractivity contribution in [1.82, 2.24) is 4.90 Å². The molecule has 8 heteroatoms. The Bertz CT molecular complexity index is 726. The first-order valence-electron chi connectivity index (χ1n) is 7.28. The van der Waals surface area contributed by atoms with Crippen LogP contribution in [0.5, 0.6) is 0 Å². The smallest absolute Gasteiger partial charge is 0.337 e. The van der Waals surface area contributed by atoms with Gasteiger partial charge in [-0.1, -0.05) is 0 Å². The normalized spacial score (nSPS) is 14.1. The van der Waals surface area contributed by atoms with E-state index in [0.717, 1.165) is 0 Å². The van der Waals surface area contributed by atoms with Crippen molar-refractivity contribution in [3.63, 3.8) is 0 Å². The number of β-amino-alcohol motifs (C(OH)–C–C–N with tert-alkyl or cyclic N) is 1. The molecule has 0 saturated carbocycles. The fraction of sp³-hybridized carbons (Fsp3) is 0.312. The minimum Gasteiger partial charge on any atom is -0.466 e. The maximum atomic E-state index is 12.4. The van der Waals surface area contributed by atoms with Crippen molar-refractivity contribution in [2.75, 3.05) is 32.1 Å². The lowest BCUT2D eigenvalue weighted by molar-refractivity contribution is -0.136. The number of amides is 2. The van der Waals surface area contributed by atoms with E-state index in [1.807, 2.05) is 0 Å². The van der Waals surface area contributed by atoms with E-state index in [4.69, 9.17) is 15.6 Å². The number of methoxy groups -OCH3 is 1. The summed E-state index contributed by atoms with van der Waals surface area (Å²) in [5.41, 5.74) is 7.13. The number of carbonyl (C=O) groups excluding carboxylic acids is 3. The largest absolute Gasteiger partial charge is 0.466 e. The number of aliphatic hydroxyl groups excluding tert-OH is 1. The molecule has 1 aromatic carbocycles. The quantitative estimate of drug-likeness (QED) is 0.618. The Morgan fingerprint density at radius 2 is 2.12 bits per heavy atom. The first-order chi connectivity index (χ1) is 11.4. The van der Waals surface area contributed by atoms with Gasteiger partial charge < -0.3 is 25.8 Å². The Morgan fingerprint density at radius 1 is 1.42 bits per heavy atom. The van der Waals surface area contributed by atoms with E-state index in [1.54, 1.807) is 19.1 Å². The highest BCUT2D eigenvalue weighted by Gasteiger charge is 2.34. The molecule has 0 aromatic heterocycles. The summed E-state index contributed by atoms with van der Waals surface area (Å²) in [7, 11) is 1.24. The van der Waals surface area contributed by atoms with Gasteiger partial charge in [0.05, 0.1) is 25.8 Å². The highest BCUT2D eigenvalue weighted by molar-refractivity contribution is 6.08. The minimum atomic E-state index is -0.613. The Labute approximate surface area is 138 Å². The fourth-order valence-electron chi connectivity index (χ4n) is 2.44. The van der Waals surface area contributed by atoms with Crippen molar-refractivity contribution in [3.8, 4) is 0 Å². The molecular weight excluding hydrogens is 314 g/mol. The molecule has 128 valence electrons. The topological polar surface area (TPSA) is 122 Å². The average Bonchev–Trinajstić information content (AvgIpc) is 2.85. The summed E-state index contributed by atoms with van der Waals surface area (Å²) in [4.78, 5) is 36.9. The molecule has 0 fully saturated rings. The molecule has 0 radical (unpaired) electrons. The SMILES string of the molecule is COC(=O)C1=C(Nc2ccc(C(N)=O)cc2C)C(=O)N(CCO)C1. The number of nitrogens with zero attached hydrogens (tertiary/aromatic N) is 1. The zero-order valence-electron chi connectivity index (χ0n) is 13.5. The summed E-state index contributed by atoms with van der Waals surface area (Å²) < 4.78 is 4.72. The van der Waals surface area contributed by atoms with E-state index >= 15 is 0 Å². The number of hydrogen-bond acceptors (Lipinski definition) is 6. The summed E-state index contributed by atoms with van der Waals surface area (Å²) in [6.45, 7) is 1.72.